The predicted octanol–water partition coefficient (Wildman–Crippen LogP) is 1.05. The number of hydrogen-bond donors (Lipinski definition) is 0. The van der Waals surface area contributed by atoms with Crippen LogP contribution in [0.3, 0.4) is 0 Å². The van der Waals surface area contributed by atoms with Crippen molar-refractivity contribution < 1.29 is 0 Å². The number of rotatable bonds is 0. The van der Waals surface area contributed by atoms with Gasteiger partial charge in [0, 0.05) is 0 Å². The van der Waals surface area contributed by atoms with Crippen molar-refractivity contribution in [2.45, 2.75) is 4.87 Å². The maximum atomic E-state index is 2.05. The van der Waals surface area contributed by atoms with Crippen LogP contribution in [0.25, 0.3) is 0 Å². The van der Waals surface area contributed by atoms with Gasteiger partial charge in [0.2, 0.25) is 0 Å². The molecule has 0 fully saturated rings. The predicted molar refractivity (Wildman–Crippen MR) is 26.1 cm³/mol. The summed E-state index contributed by atoms with van der Waals surface area (Å²) in [6.07, 6.45) is 0. The minimum atomic E-state index is 0. The molecule has 0 spiro atoms. The number of hydrogen-bond acceptors (Lipinski definition) is 0. The van der Waals surface area contributed by atoms with E-state index in [1.807, 2.05) is 0 Å². The summed E-state index contributed by atoms with van der Waals surface area (Å²) < 4.78 is 0. The monoisotopic (exact) mass is 208 g/mol. The average Bonchev–Trinajstić information content (AvgIpc) is 1.00. The van der Waals surface area contributed by atoms with E-state index < -0.39 is 0 Å². The molecule has 0 aromatic rings. The first kappa shape index (κ1) is 18.2. The first-order chi connectivity index (χ1) is 1.00. The summed E-state index contributed by atoms with van der Waals surface area (Å²) in [6, 6.07) is 0. The van der Waals surface area contributed by atoms with Crippen molar-refractivity contribution in [3.8, 4) is 0 Å². The molecule has 0 aromatic carbocycles. The van der Waals surface area contributed by atoms with E-state index in [4.69, 9.17) is 0 Å². The van der Waals surface area contributed by atoms with Crippen molar-refractivity contribution in [3.05, 3.63) is 0 Å². The summed E-state index contributed by atoms with van der Waals surface area (Å²) in [7, 11) is 0. The van der Waals surface area contributed by atoms with Crippen LogP contribution in [0.5, 0.6) is 0 Å². The average molecular weight is 210 g/mol. The van der Waals surface area contributed by atoms with Gasteiger partial charge < -0.3 is 0 Å². The minimum absolute atomic E-state index is 0. The SMILES string of the molecule is Cl.Cl.[CH3][Sb]. The molecule has 28 valence electrons. The topological polar surface area (TPSA) is 0 Å². The Balaban J connectivity index is -0.00000000500. The molecule has 0 nitrogen and oxygen atoms in total. The zero-order valence-corrected chi connectivity index (χ0v) is 6.45. The van der Waals surface area contributed by atoms with Crippen LogP contribution in [-0.2, 0) is 0 Å². The van der Waals surface area contributed by atoms with Crippen LogP contribution in [0, 0.1) is 0 Å². The molecule has 0 unspecified atom stereocenters. The Bertz CT molecular complexity index is 6.00. The van der Waals surface area contributed by atoms with E-state index in [0.717, 1.165) is 0 Å². The molecular formula is CH5Cl2Sb. The molecule has 0 rings (SSSR count). The Kier molecular flexibility index (Phi) is 118. The van der Waals surface area contributed by atoms with Crippen LogP contribution in [-0.4, -0.2) is 23.0 Å². The van der Waals surface area contributed by atoms with Crippen molar-refractivity contribution in [1.29, 1.82) is 0 Å². The van der Waals surface area contributed by atoms with Gasteiger partial charge >= 0.3 is 27.9 Å². The molecule has 0 aliphatic carbocycles. The van der Waals surface area contributed by atoms with Crippen molar-refractivity contribution in [2.75, 3.05) is 0 Å². The zero-order chi connectivity index (χ0) is 2.00. The maximum absolute atomic E-state index is 2.05. The van der Waals surface area contributed by atoms with Gasteiger partial charge in [0.15, 0.2) is 0 Å². The summed E-state index contributed by atoms with van der Waals surface area (Å²) in [5.41, 5.74) is 0. The van der Waals surface area contributed by atoms with Gasteiger partial charge in [-0.25, -0.2) is 0 Å². The third-order valence-electron chi connectivity index (χ3n) is 0. The van der Waals surface area contributed by atoms with Gasteiger partial charge in [-0.05, 0) is 0 Å². The van der Waals surface area contributed by atoms with E-state index in [-0.39, 0.29) is 24.8 Å². The molecule has 0 atom stereocenters. The molecule has 0 saturated carbocycles. The Labute approximate surface area is 52.7 Å². The normalized spacial score (nSPS) is 1.50. The first-order valence-corrected chi connectivity index (χ1v) is 3.00. The van der Waals surface area contributed by atoms with Gasteiger partial charge in [-0.1, -0.05) is 0 Å². The zero-order valence-electron chi connectivity index (χ0n) is 2.26. The van der Waals surface area contributed by atoms with Gasteiger partial charge in [-0.3, -0.25) is 0 Å². The summed E-state index contributed by atoms with van der Waals surface area (Å²) >= 11 is 1.75. The summed E-state index contributed by atoms with van der Waals surface area (Å²) in [6.45, 7) is 0. The van der Waals surface area contributed by atoms with E-state index in [1.54, 1.807) is 23.0 Å². The molecule has 4 heavy (non-hydrogen) atoms. The molecule has 0 heterocycles. The Morgan fingerprint density at radius 2 is 1.00 bits per heavy atom. The van der Waals surface area contributed by atoms with Crippen LogP contribution < -0.4 is 0 Å². The molecule has 0 aromatic heterocycles. The molecule has 0 saturated heterocycles. The molecule has 0 aliphatic rings. The van der Waals surface area contributed by atoms with Crippen LogP contribution in [0.1, 0.15) is 0 Å². The van der Waals surface area contributed by atoms with E-state index in [2.05, 4.69) is 4.87 Å². The Morgan fingerprint density at radius 3 is 1.00 bits per heavy atom. The molecular weight excluding hydrogens is 205 g/mol. The van der Waals surface area contributed by atoms with Crippen LogP contribution >= 0.6 is 24.8 Å². The standard InChI is InChI=1S/CH3.2ClH.Sb/h1H3;2*1H;. The van der Waals surface area contributed by atoms with Gasteiger partial charge in [0.05, 0.1) is 0 Å². The second kappa shape index (κ2) is 26.0. The van der Waals surface area contributed by atoms with Gasteiger partial charge in [-0.15, -0.1) is 24.8 Å². The van der Waals surface area contributed by atoms with Gasteiger partial charge in [-0.2, -0.15) is 0 Å². The summed E-state index contributed by atoms with van der Waals surface area (Å²) in [4.78, 5) is 2.05. The van der Waals surface area contributed by atoms with Crippen molar-refractivity contribution in [2.24, 2.45) is 0 Å². The third kappa shape index (κ3) is 10.00. The van der Waals surface area contributed by atoms with Crippen LogP contribution in [0.4, 0.5) is 0 Å². The fraction of sp³-hybridized carbons (Fsp3) is 1.00. The second-order valence-electron chi connectivity index (χ2n) is 0. The van der Waals surface area contributed by atoms with Crippen molar-refractivity contribution >= 4 is 47.8 Å². The van der Waals surface area contributed by atoms with E-state index >= 15 is 0 Å². The summed E-state index contributed by atoms with van der Waals surface area (Å²) in [5, 5.41) is 0. The van der Waals surface area contributed by atoms with E-state index in [0.29, 0.717) is 0 Å². The van der Waals surface area contributed by atoms with Crippen molar-refractivity contribution in [3.63, 3.8) is 0 Å². The molecule has 2 radical (unpaired) electrons. The van der Waals surface area contributed by atoms with Crippen LogP contribution in [0.2, 0.25) is 4.87 Å². The van der Waals surface area contributed by atoms with Gasteiger partial charge in [0.25, 0.3) is 0 Å². The molecule has 0 bridgehead atoms. The second-order valence-corrected chi connectivity index (χ2v) is 0. The van der Waals surface area contributed by atoms with E-state index in [9.17, 15) is 0 Å². The van der Waals surface area contributed by atoms with Crippen molar-refractivity contribution in [1.82, 2.24) is 0 Å². The molecule has 0 N–H and O–H groups in total. The Hall–Kier alpha value is 1.40. The fourth-order valence-electron chi connectivity index (χ4n) is 0. The first-order valence-electron chi connectivity index (χ1n) is 0.447. The number of halogens is 2. The van der Waals surface area contributed by atoms with Crippen LogP contribution in [0.15, 0.2) is 0 Å². The molecule has 3 heteroatoms. The van der Waals surface area contributed by atoms with Gasteiger partial charge in [0.1, 0.15) is 0 Å². The Morgan fingerprint density at radius 1 is 1.00 bits per heavy atom. The molecule has 0 aliphatic heterocycles. The quantitative estimate of drug-likeness (QED) is 0.524. The summed E-state index contributed by atoms with van der Waals surface area (Å²) in [5.74, 6) is 0. The third-order valence-corrected chi connectivity index (χ3v) is 0. The molecule has 0 amide bonds. The van der Waals surface area contributed by atoms with E-state index in [1.165, 1.54) is 0 Å². The fourth-order valence-corrected chi connectivity index (χ4v) is 0.